The third-order valence-electron chi connectivity index (χ3n) is 2.86. The summed E-state index contributed by atoms with van der Waals surface area (Å²) in [6.07, 6.45) is 4.36. The quantitative estimate of drug-likeness (QED) is 0.863. The number of benzene rings is 1. The third kappa shape index (κ3) is 3.55. The van der Waals surface area contributed by atoms with Gasteiger partial charge < -0.3 is 10.4 Å². The molecule has 1 aromatic carbocycles. The Kier molecular flexibility index (Phi) is 4.13. The van der Waals surface area contributed by atoms with E-state index in [1.807, 2.05) is 37.4 Å². The number of aromatic nitrogens is 1. The summed E-state index contributed by atoms with van der Waals surface area (Å²) < 4.78 is 0. The summed E-state index contributed by atoms with van der Waals surface area (Å²) in [5.74, 6) is -0.910. The molecular weight excluding hydrogens is 240 g/mol. The summed E-state index contributed by atoms with van der Waals surface area (Å²) in [4.78, 5) is 15.2. The van der Waals surface area contributed by atoms with Gasteiger partial charge in [0.25, 0.3) is 0 Å². The largest absolute Gasteiger partial charge is 0.478 e. The van der Waals surface area contributed by atoms with Crippen molar-refractivity contribution in [1.29, 1.82) is 0 Å². The zero-order chi connectivity index (χ0) is 13.7. The number of nitrogens with zero attached hydrogens (tertiary/aromatic N) is 1. The van der Waals surface area contributed by atoms with Gasteiger partial charge in [0.15, 0.2) is 0 Å². The van der Waals surface area contributed by atoms with Gasteiger partial charge in [-0.2, -0.15) is 0 Å². The molecular formula is C15H16N2O2. The molecule has 4 nitrogen and oxygen atoms in total. The van der Waals surface area contributed by atoms with Crippen molar-refractivity contribution in [2.45, 2.75) is 13.3 Å². The second-order valence-corrected chi connectivity index (χ2v) is 4.39. The maximum atomic E-state index is 11.2. The number of aromatic carboxylic acids is 1. The zero-order valence-corrected chi connectivity index (χ0v) is 10.8. The number of carboxylic acids is 1. The van der Waals surface area contributed by atoms with E-state index in [4.69, 9.17) is 5.11 Å². The van der Waals surface area contributed by atoms with Crippen LogP contribution in [0.1, 0.15) is 21.5 Å². The van der Waals surface area contributed by atoms with Gasteiger partial charge >= 0.3 is 5.97 Å². The van der Waals surface area contributed by atoms with E-state index in [-0.39, 0.29) is 0 Å². The van der Waals surface area contributed by atoms with Gasteiger partial charge in [-0.3, -0.25) is 4.98 Å². The van der Waals surface area contributed by atoms with Crippen LogP contribution < -0.4 is 5.32 Å². The smallest absolute Gasteiger partial charge is 0.337 e. The highest BCUT2D eigenvalue weighted by molar-refractivity contribution is 5.94. The lowest BCUT2D eigenvalue weighted by Crippen LogP contribution is -2.09. The van der Waals surface area contributed by atoms with Gasteiger partial charge in [0.05, 0.1) is 5.56 Å². The molecule has 0 amide bonds. The Hall–Kier alpha value is -2.36. The minimum Gasteiger partial charge on any atom is -0.478 e. The fourth-order valence-corrected chi connectivity index (χ4v) is 1.88. The minimum atomic E-state index is -0.910. The highest BCUT2D eigenvalue weighted by atomic mass is 16.4. The van der Waals surface area contributed by atoms with Crippen molar-refractivity contribution in [1.82, 2.24) is 4.98 Å². The molecule has 0 atom stereocenters. The maximum Gasteiger partial charge on any atom is 0.337 e. The average molecular weight is 256 g/mol. The number of anilines is 1. The first-order chi connectivity index (χ1) is 9.16. The standard InChI is InChI=1S/C15H16N2O2/c1-11-4-5-14(13(9-11)15(18)19)17-8-6-12-3-2-7-16-10-12/h2-5,7,9-10,17H,6,8H2,1H3,(H,18,19). The molecule has 0 radical (unpaired) electrons. The third-order valence-corrected chi connectivity index (χ3v) is 2.86. The lowest BCUT2D eigenvalue weighted by Gasteiger charge is -2.10. The Morgan fingerprint density at radius 1 is 1.37 bits per heavy atom. The first-order valence-electron chi connectivity index (χ1n) is 6.13. The molecule has 2 aromatic rings. The number of hydrogen-bond donors (Lipinski definition) is 2. The summed E-state index contributed by atoms with van der Waals surface area (Å²) in [6.45, 7) is 2.56. The maximum absolute atomic E-state index is 11.2. The first kappa shape index (κ1) is 13.1. The van der Waals surface area contributed by atoms with Crippen molar-refractivity contribution in [2.75, 3.05) is 11.9 Å². The van der Waals surface area contributed by atoms with Crippen molar-refractivity contribution in [3.05, 3.63) is 59.4 Å². The molecule has 19 heavy (non-hydrogen) atoms. The van der Waals surface area contributed by atoms with Gasteiger partial charge in [0.2, 0.25) is 0 Å². The highest BCUT2D eigenvalue weighted by Crippen LogP contribution is 2.17. The van der Waals surface area contributed by atoms with Crippen LogP contribution in [0.2, 0.25) is 0 Å². The first-order valence-corrected chi connectivity index (χ1v) is 6.13. The van der Waals surface area contributed by atoms with E-state index >= 15 is 0 Å². The van der Waals surface area contributed by atoms with Crippen LogP contribution in [-0.2, 0) is 6.42 Å². The molecule has 2 N–H and O–H groups in total. The molecule has 0 fully saturated rings. The average Bonchev–Trinajstić information content (AvgIpc) is 2.41. The van der Waals surface area contributed by atoms with Gasteiger partial charge in [-0.1, -0.05) is 17.7 Å². The highest BCUT2D eigenvalue weighted by Gasteiger charge is 2.09. The number of carbonyl (C=O) groups is 1. The molecule has 0 bridgehead atoms. The van der Waals surface area contributed by atoms with E-state index in [2.05, 4.69) is 10.3 Å². The summed E-state index contributed by atoms with van der Waals surface area (Å²) in [7, 11) is 0. The van der Waals surface area contributed by atoms with Crippen LogP contribution in [0.4, 0.5) is 5.69 Å². The predicted molar refractivity (Wildman–Crippen MR) is 74.6 cm³/mol. The monoisotopic (exact) mass is 256 g/mol. The number of hydrogen-bond acceptors (Lipinski definition) is 3. The van der Waals surface area contributed by atoms with Crippen LogP contribution in [0.3, 0.4) is 0 Å². The Balaban J connectivity index is 2.02. The molecule has 0 spiro atoms. The molecule has 0 unspecified atom stereocenters. The van der Waals surface area contributed by atoms with Crippen molar-refractivity contribution in [3.8, 4) is 0 Å². The van der Waals surface area contributed by atoms with Gasteiger partial charge in [-0.05, 0) is 37.1 Å². The summed E-state index contributed by atoms with van der Waals surface area (Å²) in [5, 5.41) is 12.3. The van der Waals surface area contributed by atoms with E-state index in [0.29, 0.717) is 17.8 Å². The SMILES string of the molecule is Cc1ccc(NCCc2cccnc2)c(C(=O)O)c1. The van der Waals surface area contributed by atoms with Gasteiger partial charge in [0, 0.05) is 24.6 Å². The van der Waals surface area contributed by atoms with Crippen LogP contribution in [-0.4, -0.2) is 22.6 Å². The number of aryl methyl sites for hydroxylation is 1. The second-order valence-electron chi connectivity index (χ2n) is 4.39. The number of carboxylic acid groups (broad SMARTS) is 1. The van der Waals surface area contributed by atoms with Crippen LogP contribution in [0.15, 0.2) is 42.7 Å². The molecule has 1 heterocycles. The predicted octanol–water partition coefficient (Wildman–Crippen LogP) is 2.74. The summed E-state index contributed by atoms with van der Waals surface area (Å²) in [5.41, 5.74) is 3.03. The molecule has 0 saturated carbocycles. The van der Waals surface area contributed by atoms with Crippen molar-refractivity contribution in [2.24, 2.45) is 0 Å². The topological polar surface area (TPSA) is 62.2 Å². The van der Waals surface area contributed by atoms with Crippen LogP contribution in [0.25, 0.3) is 0 Å². The van der Waals surface area contributed by atoms with Crippen LogP contribution in [0, 0.1) is 6.92 Å². The Morgan fingerprint density at radius 3 is 2.89 bits per heavy atom. The fourth-order valence-electron chi connectivity index (χ4n) is 1.88. The van der Waals surface area contributed by atoms with Crippen molar-refractivity contribution in [3.63, 3.8) is 0 Å². The summed E-state index contributed by atoms with van der Waals surface area (Å²) in [6, 6.07) is 9.28. The lowest BCUT2D eigenvalue weighted by atomic mass is 10.1. The van der Waals surface area contributed by atoms with E-state index in [9.17, 15) is 4.79 Å². The van der Waals surface area contributed by atoms with Crippen molar-refractivity contribution >= 4 is 11.7 Å². The van der Waals surface area contributed by atoms with E-state index in [0.717, 1.165) is 17.5 Å². The molecule has 2 rings (SSSR count). The molecule has 0 aliphatic heterocycles. The van der Waals surface area contributed by atoms with Crippen molar-refractivity contribution < 1.29 is 9.90 Å². The zero-order valence-electron chi connectivity index (χ0n) is 10.8. The Labute approximate surface area is 112 Å². The van der Waals surface area contributed by atoms with E-state index < -0.39 is 5.97 Å². The Morgan fingerprint density at radius 2 is 2.21 bits per heavy atom. The summed E-state index contributed by atoms with van der Waals surface area (Å²) >= 11 is 0. The van der Waals surface area contributed by atoms with Crippen LogP contribution in [0.5, 0.6) is 0 Å². The second kappa shape index (κ2) is 6.00. The molecule has 0 saturated heterocycles. The Bertz CT molecular complexity index is 568. The molecule has 98 valence electrons. The fraction of sp³-hybridized carbons (Fsp3) is 0.200. The van der Waals surface area contributed by atoms with Gasteiger partial charge in [-0.15, -0.1) is 0 Å². The number of rotatable bonds is 5. The normalized spacial score (nSPS) is 10.2. The van der Waals surface area contributed by atoms with Crippen LogP contribution >= 0.6 is 0 Å². The van der Waals surface area contributed by atoms with Gasteiger partial charge in [0.1, 0.15) is 0 Å². The molecule has 0 aliphatic rings. The minimum absolute atomic E-state index is 0.311. The number of pyridine rings is 1. The van der Waals surface area contributed by atoms with Gasteiger partial charge in [-0.25, -0.2) is 4.79 Å². The molecule has 0 aliphatic carbocycles. The lowest BCUT2D eigenvalue weighted by molar-refractivity contribution is 0.0698. The molecule has 4 heteroatoms. The van der Waals surface area contributed by atoms with E-state index in [1.165, 1.54) is 0 Å². The molecule has 1 aromatic heterocycles. The van der Waals surface area contributed by atoms with E-state index in [1.54, 1.807) is 12.3 Å². The number of nitrogens with one attached hydrogen (secondary N) is 1.